The molecule has 4 nitrogen and oxygen atoms in total. The minimum absolute atomic E-state index is 0.0649. The minimum atomic E-state index is -0.432. The van der Waals surface area contributed by atoms with E-state index < -0.39 is 5.54 Å². The van der Waals surface area contributed by atoms with Gasteiger partial charge in [0, 0.05) is 6.42 Å². The van der Waals surface area contributed by atoms with Crippen LogP contribution in [0.25, 0.3) is 0 Å². The average Bonchev–Trinajstić information content (AvgIpc) is 2.90. The van der Waals surface area contributed by atoms with Crippen molar-refractivity contribution in [3.63, 3.8) is 0 Å². The van der Waals surface area contributed by atoms with E-state index in [1.54, 1.807) is 0 Å². The first-order valence-electron chi connectivity index (χ1n) is 7.77. The van der Waals surface area contributed by atoms with Gasteiger partial charge in [0.15, 0.2) is 11.5 Å². The van der Waals surface area contributed by atoms with Gasteiger partial charge in [-0.05, 0) is 37.9 Å². The van der Waals surface area contributed by atoms with Crippen molar-refractivity contribution in [3.05, 3.63) is 24.3 Å². The van der Waals surface area contributed by atoms with Crippen LogP contribution in [0.2, 0.25) is 0 Å². The molecule has 0 bridgehead atoms. The van der Waals surface area contributed by atoms with Crippen LogP contribution in [-0.4, -0.2) is 24.8 Å². The highest BCUT2D eigenvalue weighted by atomic mass is 16.5. The van der Waals surface area contributed by atoms with E-state index in [9.17, 15) is 5.26 Å². The average molecular weight is 288 g/mol. The fourth-order valence-corrected chi connectivity index (χ4v) is 2.80. The van der Waals surface area contributed by atoms with Crippen LogP contribution in [0.1, 0.15) is 39.5 Å². The van der Waals surface area contributed by atoms with E-state index in [2.05, 4.69) is 18.3 Å². The predicted molar refractivity (Wildman–Crippen MR) is 82.5 cm³/mol. The first-order chi connectivity index (χ1) is 10.2. The SMILES string of the molecule is CCCOc1ccccc1OC1CCC(C#N)(NCC)C1. The molecule has 0 aliphatic heterocycles. The molecule has 0 amide bonds. The summed E-state index contributed by atoms with van der Waals surface area (Å²) in [5, 5.41) is 12.7. The third kappa shape index (κ3) is 3.89. The van der Waals surface area contributed by atoms with Gasteiger partial charge in [-0.2, -0.15) is 5.26 Å². The van der Waals surface area contributed by atoms with Crippen molar-refractivity contribution in [2.45, 2.75) is 51.2 Å². The van der Waals surface area contributed by atoms with Crippen LogP contribution >= 0.6 is 0 Å². The number of hydrogen-bond acceptors (Lipinski definition) is 4. The zero-order valence-corrected chi connectivity index (χ0v) is 12.9. The number of benzene rings is 1. The molecule has 0 saturated heterocycles. The summed E-state index contributed by atoms with van der Waals surface area (Å²) in [6.07, 6.45) is 3.48. The number of hydrogen-bond donors (Lipinski definition) is 1. The molecule has 1 fully saturated rings. The first kappa shape index (κ1) is 15.7. The Balaban J connectivity index is 2.02. The Morgan fingerprint density at radius 2 is 2.10 bits per heavy atom. The molecule has 1 saturated carbocycles. The van der Waals surface area contributed by atoms with Crippen LogP contribution in [0, 0.1) is 11.3 Å². The molecule has 1 aromatic carbocycles. The number of nitriles is 1. The second kappa shape index (κ2) is 7.33. The third-order valence-corrected chi connectivity index (χ3v) is 3.80. The number of ether oxygens (including phenoxy) is 2. The maximum atomic E-state index is 9.41. The molecule has 21 heavy (non-hydrogen) atoms. The Labute approximate surface area is 127 Å². The van der Waals surface area contributed by atoms with E-state index in [1.807, 2.05) is 31.2 Å². The Morgan fingerprint density at radius 3 is 2.76 bits per heavy atom. The highest BCUT2D eigenvalue weighted by Crippen LogP contribution is 2.35. The van der Waals surface area contributed by atoms with E-state index in [1.165, 1.54) is 0 Å². The molecule has 1 aromatic rings. The summed E-state index contributed by atoms with van der Waals surface area (Å²) in [5.41, 5.74) is -0.432. The Kier molecular flexibility index (Phi) is 5.46. The maximum absolute atomic E-state index is 9.41. The minimum Gasteiger partial charge on any atom is -0.490 e. The van der Waals surface area contributed by atoms with Gasteiger partial charge in [0.1, 0.15) is 11.6 Å². The molecule has 0 radical (unpaired) electrons. The smallest absolute Gasteiger partial charge is 0.161 e. The van der Waals surface area contributed by atoms with Crippen LogP contribution < -0.4 is 14.8 Å². The maximum Gasteiger partial charge on any atom is 0.161 e. The van der Waals surface area contributed by atoms with Crippen molar-refractivity contribution >= 4 is 0 Å². The molecule has 1 N–H and O–H groups in total. The second-order valence-corrected chi connectivity index (χ2v) is 5.50. The monoisotopic (exact) mass is 288 g/mol. The fourth-order valence-electron chi connectivity index (χ4n) is 2.80. The molecular weight excluding hydrogens is 264 g/mol. The van der Waals surface area contributed by atoms with Gasteiger partial charge in [0.2, 0.25) is 0 Å². The number of nitrogens with one attached hydrogen (secondary N) is 1. The number of para-hydroxylation sites is 2. The molecule has 1 aliphatic rings. The summed E-state index contributed by atoms with van der Waals surface area (Å²) in [4.78, 5) is 0. The highest BCUT2D eigenvalue weighted by Gasteiger charge is 2.40. The Morgan fingerprint density at radius 1 is 1.33 bits per heavy atom. The summed E-state index contributed by atoms with van der Waals surface area (Å²) in [5.74, 6) is 1.57. The quantitative estimate of drug-likeness (QED) is 0.836. The van der Waals surface area contributed by atoms with Crippen molar-refractivity contribution in [3.8, 4) is 17.6 Å². The molecule has 114 valence electrons. The van der Waals surface area contributed by atoms with E-state index in [-0.39, 0.29) is 6.10 Å². The van der Waals surface area contributed by atoms with Crippen LogP contribution in [0.15, 0.2) is 24.3 Å². The lowest BCUT2D eigenvalue weighted by atomic mass is 10.00. The summed E-state index contributed by atoms with van der Waals surface area (Å²) >= 11 is 0. The molecular formula is C17H24N2O2. The Bertz CT molecular complexity index is 498. The van der Waals surface area contributed by atoms with Gasteiger partial charge in [-0.25, -0.2) is 0 Å². The van der Waals surface area contributed by atoms with Gasteiger partial charge >= 0.3 is 0 Å². The molecule has 2 rings (SSSR count). The van der Waals surface area contributed by atoms with E-state index in [0.717, 1.165) is 43.7 Å². The lowest BCUT2D eigenvalue weighted by Crippen LogP contribution is -2.42. The topological polar surface area (TPSA) is 54.3 Å². The molecule has 2 unspecified atom stereocenters. The Hall–Kier alpha value is -1.73. The zero-order chi connectivity index (χ0) is 15.1. The number of rotatable bonds is 7. The van der Waals surface area contributed by atoms with Crippen molar-refractivity contribution < 1.29 is 9.47 Å². The van der Waals surface area contributed by atoms with Crippen molar-refractivity contribution in [2.75, 3.05) is 13.2 Å². The summed E-state index contributed by atoms with van der Waals surface area (Å²) < 4.78 is 11.8. The molecule has 4 heteroatoms. The van der Waals surface area contributed by atoms with Gasteiger partial charge in [-0.15, -0.1) is 0 Å². The molecule has 0 aromatic heterocycles. The summed E-state index contributed by atoms with van der Waals surface area (Å²) in [7, 11) is 0. The third-order valence-electron chi connectivity index (χ3n) is 3.80. The standard InChI is InChI=1S/C17H24N2O2/c1-3-11-20-15-7-5-6-8-16(15)21-14-9-10-17(12-14,13-18)19-4-2/h5-8,14,19H,3-4,9-12H2,1-2H3. The van der Waals surface area contributed by atoms with Crippen molar-refractivity contribution in [1.29, 1.82) is 5.26 Å². The van der Waals surface area contributed by atoms with E-state index in [0.29, 0.717) is 6.61 Å². The van der Waals surface area contributed by atoms with Gasteiger partial charge < -0.3 is 9.47 Å². The van der Waals surface area contributed by atoms with Crippen LogP contribution in [0.5, 0.6) is 11.5 Å². The molecule has 0 spiro atoms. The molecule has 1 aliphatic carbocycles. The van der Waals surface area contributed by atoms with Crippen molar-refractivity contribution in [1.82, 2.24) is 5.32 Å². The fraction of sp³-hybridized carbons (Fsp3) is 0.588. The van der Waals surface area contributed by atoms with Gasteiger partial charge in [-0.3, -0.25) is 5.32 Å². The number of nitrogens with zero attached hydrogens (tertiary/aromatic N) is 1. The highest BCUT2D eigenvalue weighted by molar-refractivity contribution is 5.39. The first-order valence-corrected chi connectivity index (χ1v) is 7.77. The zero-order valence-electron chi connectivity index (χ0n) is 12.9. The van der Waals surface area contributed by atoms with Crippen LogP contribution in [0.4, 0.5) is 0 Å². The largest absolute Gasteiger partial charge is 0.490 e. The molecule has 0 heterocycles. The lowest BCUT2D eigenvalue weighted by Gasteiger charge is -2.22. The summed E-state index contributed by atoms with van der Waals surface area (Å²) in [6, 6.07) is 10.2. The second-order valence-electron chi connectivity index (χ2n) is 5.50. The van der Waals surface area contributed by atoms with Crippen LogP contribution in [0.3, 0.4) is 0 Å². The van der Waals surface area contributed by atoms with Crippen molar-refractivity contribution in [2.24, 2.45) is 0 Å². The van der Waals surface area contributed by atoms with Gasteiger partial charge in [-0.1, -0.05) is 26.0 Å². The predicted octanol–water partition coefficient (Wildman–Crippen LogP) is 3.28. The summed E-state index contributed by atoms with van der Waals surface area (Å²) in [6.45, 7) is 5.60. The van der Waals surface area contributed by atoms with Crippen LogP contribution in [-0.2, 0) is 0 Å². The van der Waals surface area contributed by atoms with Gasteiger partial charge in [0.05, 0.1) is 12.7 Å². The molecule has 2 atom stereocenters. The lowest BCUT2D eigenvalue weighted by molar-refractivity contribution is 0.188. The van der Waals surface area contributed by atoms with E-state index in [4.69, 9.17) is 9.47 Å². The van der Waals surface area contributed by atoms with Gasteiger partial charge in [0.25, 0.3) is 0 Å². The normalized spacial score (nSPS) is 24.5. The van der Waals surface area contributed by atoms with E-state index >= 15 is 0 Å².